The smallest absolute Gasteiger partial charge is 0.245 e. The van der Waals surface area contributed by atoms with Crippen LogP contribution >= 0.6 is 15.9 Å². The summed E-state index contributed by atoms with van der Waals surface area (Å²) in [6.07, 6.45) is 1.60. The summed E-state index contributed by atoms with van der Waals surface area (Å²) in [4.78, 5) is -0.332. The Morgan fingerprint density at radius 3 is 2.58 bits per heavy atom. The Bertz CT molecular complexity index is 549. The van der Waals surface area contributed by atoms with Crippen molar-refractivity contribution in [2.45, 2.75) is 31.2 Å². The van der Waals surface area contributed by atoms with E-state index in [1.165, 1.54) is 23.5 Å². The molecule has 0 unspecified atom stereocenters. The highest BCUT2D eigenvalue weighted by molar-refractivity contribution is 9.10. The standard InChI is InChI=1S/C12H18BrFN2O2S/c1-3-4-5-16(2)19(17,18)11-7-10(13)6-9(8-15)12(11)14/h6-7H,3-5,8,15H2,1-2H3. The molecule has 0 spiro atoms. The van der Waals surface area contributed by atoms with Crippen molar-refractivity contribution in [3.05, 3.63) is 28.0 Å². The molecule has 4 nitrogen and oxygen atoms in total. The SMILES string of the molecule is CCCCN(C)S(=O)(=O)c1cc(Br)cc(CN)c1F. The lowest BCUT2D eigenvalue weighted by atomic mass is 10.2. The predicted octanol–water partition coefficient (Wildman–Crippen LogP) is 2.47. The molecule has 0 aliphatic rings. The van der Waals surface area contributed by atoms with Crippen molar-refractivity contribution in [1.82, 2.24) is 4.31 Å². The topological polar surface area (TPSA) is 63.4 Å². The molecule has 1 aromatic rings. The average Bonchev–Trinajstić information content (AvgIpc) is 2.37. The molecule has 0 heterocycles. The summed E-state index contributed by atoms with van der Waals surface area (Å²) in [6.45, 7) is 2.28. The van der Waals surface area contributed by atoms with E-state index in [4.69, 9.17) is 5.73 Å². The molecule has 0 aromatic heterocycles. The highest BCUT2D eigenvalue weighted by Gasteiger charge is 2.26. The van der Waals surface area contributed by atoms with E-state index in [-0.39, 0.29) is 17.0 Å². The van der Waals surface area contributed by atoms with Crippen molar-refractivity contribution >= 4 is 26.0 Å². The van der Waals surface area contributed by atoms with E-state index in [2.05, 4.69) is 15.9 Å². The number of nitrogens with zero attached hydrogens (tertiary/aromatic N) is 1. The number of unbranched alkanes of at least 4 members (excludes halogenated alkanes) is 1. The normalized spacial score (nSPS) is 12.1. The van der Waals surface area contributed by atoms with E-state index in [0.717, 1.165) is 12.8 Å². The van der Waals surface area contributed by atoms with Crippen LogP contribution in [0, 0.1) is 5.82 Å². The summed E-state index contributed by atoms with van der Waals surface area (Å²) in [5.74, 6) is -0.769. The van der Waals surface area contributed by atoms with Crippen molar-refractivity contribution in [3.63, 3.8) is 0 Å². The fraction of sp³-hybridized carbons (Fsp3) is 0.500. The third-order valence-corrected chi connectivity index (χ3v) is 5.13. The van der Waals surface area contributed by atoms with E-state index < -0.39 is 15.8 Å². The third-order valence-electron chi connectivity index (χ3n) is 2.81. The Morgan fingerprint density at radius 1 is 1.42 bits per heavy atom. The van der Waals surface area contributed by atoms with E-state index in [9.17, 15) is 12.8 Å². The molecule has 1 aromatic carbocycles. The van der Waals surface area contributed by atoms with Gasteiger partial charge in [-0.2, -0.15) is 0 Å². The Hall–Kier alpha value is -0.500. The van der Waals surface area contributed by atoms with Gasteiger partial charge in [-0.15, -0.1) is 0 Å². The largest absolute Gasteiger partial charge is 0.326 e. The van der Waals surface area contributed by atoms with E-state index in [0.29, 0.717) is 11.0 Å². The first kappa shape index (κ1) is 16.6. The molecule has 7 heteroatoms. The van der Waals surface area contributed by atoms with Crippen molar-refractivity contribution in [2.75, 3.05) is 13.6 Å². The average molecular weight is 353 g/mol. The first-order valence-electron chi connectivity index (χ1n) is 5.99. The first-order valence-corrected chi connectivity index (χ1v) is 8.22. The fourth-order valence-corrected chi connectivity index (χ4v) is 3.62. The molecule has 2 N–H and O–H groups in total. The predicted molar refractivity (Wildman–Crippen MR) is 76.7 cm³/mol. The van der Waals surface area contributed by atoms with Gasteiger partial charge in [0.05, 0.1) is 0 Å². The van der Waals surface area contributed by atoms with Gasteiger partial charge in [0.2, 0.25) is 10.0 Å². The molecular weight excluding hydrogens is 335 g/mol. The van der Waals surface area contributed by atoms with Gasteiger partial charge in [0, 0.05) is 30.2 Å². The highest BCUT2D eigenvalue weighted by Crippen LogP contribution is 2.26. The van der Waals surface area contributed by atoms with Gasteiger partial charge in [0.15, 0.2) is 0 Å². The molecule has 0 bridgehead atoms. The van der Waals surface area contributed by atoms with E-state index in [1.54, 1.807) is 0 Å². The van der Waals surface area contributed by atoms with Crippen LogP contribution in [0.3, 0.4) is 0 Å². The summed E-state index contributed by atoms with van der Waals surface area (Å²) in [7, 11) is -2.37. The fourth-order valence-electron chi connectivity index (χ4n) is 1.62. The lowest BCUT2D eigenvalue weighted by Crippen LogP contribution is -2.29. The zero-order valence-electron chi connectivity index (χ0n) is 11.0. The second-order valence-corrected chi connectivity index (χ2v) is 7.19. The van der Waals surface area contributed by atoms with Gasteiger partial charge in [0.1, 0.15) is 10.7 Å². The number of sulfonamides is 1. The molecule has 0 fully saturated rings. The van der Waals surface area contributed by atoms with Gasteiger partial charge in [-0.3, -0.25) is 0 Å². The van der Waals surface area contributed by atoms with Crippen LogP contribution in [0.25, 0.3) is 0 Å². The third kappa shape index (κ3) is 3.75. The molecule has 0 saturated heterocycles. The van der Waals surface area contributed by atoms with Crippen LogP contribution in [0.4, 0.5) is 4.39 Å². The number of nitrogens with two attached hydrogens (primary N) is 1. The van der Waals surface area contributed by atoms with Crippen molar-refractivity contribution in [3.8, 4) is 0 Å². The van der Waals surface area contributed by atoms with E-state index >= 15 is 0 Å². The molecule has 0 amide bonds. The number of benzene rings is 1. The maximum absolute atomic E-state index is 14.1. The Labute approximate surface area is 122 Å². The first-order chi connectivity index (χ1) is 8.84. The van der Waals surface area contributed by atoms with Crippen LogP contribution in [0.1, 0.15) is 25.3 Å². The minimum atomic E-state index is -3.82. The summed E-state index contributed by atoms with van der Waals surface area (Å²) in [5.41, 5.74) is 5.60. The van der Waals surface area contributed by atoms with Gasteiger partial charge in [-0.25, -0.2) is 17.1 Å². The molecule has 0 radical (unpaired) electrons. The number of hydrogen-bond donors (Lipinski definition) is 1. The Balaban J connectivity index is 3.25. The van der Waals surface area contributed by atoms with Gasteiger partial charge in [0.25, 0.3) is 0 Å². The summed E-state index contributed by atoms with van der Waals surface area (Å²) < 4.78 is 40.4. The highest BCUT2D eigenvalue weighted by atomic mass is 79.9. The van der Waals surface area contributed by atoms with Gasteiger partial charge in [-0.05, 0) is 18.6 Å². The van der Waals surface area contributed by atoms with Crippen molar-refractivity contribution in [1.29, 1.82) is 0 Å². The molecule has 19 heavy (non-hydrogen) atoms. The molecule has 1 rings (SSSR count). The van der Waals surface area contributed by atoms with Crippen molar-refractivity contribution < 1.29 is 12.8 Å². The summed E-state index contributed by atoms with van der Waals surface area (Å²) >= 11 is 3.18. The van der Waals surface area contributed by atoms with Gasteiger partial charge >= 0.3 is 0 Å². The zero-order chi connectivity index (χ0) is 14.6. The van der Waals surface area contributed by atoms with Crippen LogP contribution in [-0.4, -0.2) is 26.3 Å². The molecule has 0 atom stereocenters. The van der Waals surface area contributed by atoms with Crippen LogP contribution < -0.4 is 5.73 Å². The monoisotopic (exact) mass is 352 g/mol. The number of halogens is 2. The van der Waals surface area contributed by atoms with Crippen molar-refractivity contribution in [2.24, 2.45) is 5.73 Å². The summed E-state index contributed by atoms with van der Waals surface area (Å²) in [6, 6.07) is 2.76. The zero-order valence-corrected chi connectivity index (χ0v) is 13.4. The van der Waals surface area contributed by atoms with Crippen LogP contribution in [0.15, 0.2) is 21.5 Å². The number of hydrogen-bond acceptors (Lipinski definition) is 3. The molecule has 108 valence electrons. The maximum Gasteiger partial charge on any atom is 0.245 e. The molecular formula is C12H18BrFN2O2S. The second kappa shape index (κ2) is 6.78. The Kier molecular flexibility index (Phi) is 5.91. The maximum atomic E-state index is 14.1. The molecule has 0 aliphatic carbocycles. The number of rotatable bonds is 6. The molecule has 0 saturated carbocycles. The minimum Gasteiger partial charge on any atom is -0.326 e. The lowest BCUT2D eigenvalue weighted by molar-refractivity contribution is 0.452. The second-order valence-electron chi connectivity index (χ2n) is 4.26. The molecule has 0 aliphatic heterocycles. The summed E-state index contributed by atoms with van der Waals surface area (Å²) in [5, 5.41) is 0. The Morgan fingerprint density at radius 2 is 2.05 bits per heavy atom. The lowest BCUT2D eigenvalue weighted by Gasteiger charge is -2.18. The van der Waals surface area contributed by atoms with Crippen LogP contribution in [0.5, 0.6) is 0 Å². The van der Waals surface area contributed by atoms with Crippen LogP contribution in [0.2, 0.25) is 0 Å². The quantitative estimate of drug-likeness (QED) is 0.855. The van der Waals surface area contributed by atoms with Gasteiger partial charge < -0.3 is 5.73 Å². The minimum absolute atomic E-state index is 0.0491. The van der Waals surface area contributed by atoms with E-state index in [1.807, 2.05) is 6.92 Å². The van der Waals surface area contributed by atoms with Gasteiger partial charge in [-0.1, -0.05) is 29.3 Å². The van der Waals surface area contributed by atoms with Crippen LogP contribution in [-0.2, 0) is 16.6 Å².